The van der Waals surface area contributed by atoms with Gasteiger partial charge in [0.1, 0.15) is 6.10 Å². The lowest BCUT2D eigenvalue weighted by atomic mass is 10.0. The van der Waals surface area contributed by atoms with Crippen molar-refractivity contribution in [1.29, 1.82) is 0 Å². The normalized spacial score (nSPS) is 11.3. The molecule has 0 fully saturated rings. The van der Waals surface area contributed by atoms with Gasteiger partial charge in [-0.1, -0.05) is 110 Å². The van der Waals surface area contributed by atoms with Gasteiger partial charge in [-0.25, -0.2) is 0 Å². The predicted molar refractivity (Wildman–Crippen MR) is 142 cm³/mol. The van der Waals surface area contributed by atoms with E-state index >= 15 is 0 Å². The highest BCUT2D eigenvalue weighted by Crippen LogP contribution is 2.18. The van der Waals surface area contributed by atoms with E-state index < -0.39 is 17.9 Å². The van der Waals surface area contributed by atoms with Crippen molar-refractivity contribution in [2.45, 2.75) is 161 Å². The quantitative estimate of drug-likeness (QED) is 0.0706. The van der Waals surface area contributed by atoms with E-state index in [1.165, 1.54) is 64.2 Å². The summed E-state index contributed by atoms with van der Waals surface area (Å²) in [6, 6.07) is 0. The second-order valence-electron chi connectivity index (χ2n) is 10.1. The lowest BCUT2D eigenvalue weighted by Crippen LogP contribution is -2.23. The van der Waals surface area contributed by atoms with E-state index in [-0.39, 0.29) is 18.5 Å². The lowest BCUT2D eigenvalue weighted by molar-refractivity contribution is -0.155. The first-order valence-corrected chi connectivity index (χ1v) is 14.6. The SMILES string of the molecule is CCCCCCCCC(CCCCCCCC)OC(=O)CCCCCCCCC(C(=O)O)C(=O)O. The van der Waals surface area contributed by atoms with Crippen LogP contribution >= 0.6 is 0 Å². The monoisotopic (exact) mass is 498 g/mol. The molecule has 0 saturated heterocycles. The first-order chi connectivity index (χ1) is 16.9. The van der Waals surface area contributed by atoms with Crippen LogP contribution in [0.5, 0.6) is 0 Å². The molecule has 35 heavy (non-hydrogen) atoms. The molecule has 0 spiro atoms. The van der Waals surface area contributed by atoms with Crippen LogP contribution in [0.3, 0.4) is 0 Å². The molecule has 0 heterocycles. The van der Waals surface area contributed by atoms with E-state index in [0.717, 1.165) is 57.8 Å². The summed E-state index contributed by atoms with van der Waals surface area (Å²) in [5, 5.41) is 17.8. The van der Waals surface area contributed by atoms with Gasteiger partial charge in [0.25, 0.3) is 0 Å². The molecule has 0 aliphatic rings. The van der Waals surface area contributed by atoms with E-state index in [0.29, 0.717) is 12.8 Å². The molecule has 6 heteroatoms. The minimum absolute atomic E-state index is 0.0660. The number of unbranched alkanes of at least 4 members (excludes halogenated alkanes) is 15. The molecule has 0 unspecified atom stereocenters. The summed E-state index contributed by atoms with van der Waals surface area (Å²) < 4.78 is 5.87. The molecule has 0 saturated carbocycles. The first-order valence-electron chi connectivity index (χ1n) is 14.6. The third kappa shape index (κ3) is 21.4. The standard InChI is InChI=1S/C29H54O6/c1-3-5-7-9-13-17-21-25(22-18-14-10-8-6-4-2)35-27(30)24-20-16-12-11-15-19-23-26(28(31)32)29(33)34/h25-26H,3-24H2,1-2H3,(H,31,32)(H,33,34). The largest absolute Gasteiger partial charge is 0.481 e. The summed E-state index contributed by atoms with van der Waals surface area (Å²) in [6.07, 6.45) is 22.8. The Morgan fingerprint density at radius 1 is 0.543 bits per heavy atom. The number of esters is 1. The maximum atomic E-state index is 12.4. The molecule has 0 amide bonds. The van der Waals surface area contributed by atoms with Crippen molar-refractivity contribution in [2.24, 2.45) is 5.92 Å². The topological polar surface area (TPSA) is 101 Å². The second kappa shape index (κ2) is 24.1. The van der Waals surface area contributed by atoms with Crippen molar-refractivity contribution in [3.05, 3.63) is 0 Å². The van der Waals surface area contributed by atoms with Gasteiger partial charge in [0.15, 0.2) is 5.92 Å². The maximum absolute atomic E-state index is 12.4. The molecule has 0 aromatic heterocycles. The van der Waals surface area contributed by atoms with Gasteiger partial charge in [0.05, 0.1) is 0 Å². The van der Waals surface area contributed by atoms with Gasteiger partial charge in [0.2, 0.25) is 0 Å². The number of hydrogen-bond donors (Lipinski definition) is 2. The highest BCUT2D eigenvalue weighted by Gasteiger charge is 2.24. The predicted octanol–water partition coefficient (Wildman–Crippen LogP) is 8.31. The molecule has 0 radical (unpaired) electrons. The van der Waals surface area contributed by atoms with Crippen molar-refractivity contribution in [1.82, 2.24) is 0 Å². The van der Waals surface area contributed by atoms with E-state index in [1.54, 1.807) is 0 Å². The Kier molecular flexibility index (Phi) is 23.0. The van der Waals surface area contributed by atoms with Gasteiger partial charge in [-0.2, -0.15) is 0 Å². The molecular formula is C29H54O6. The molecule has 0 rings (SSSR count). The van der Waals surface area contributed by atoms with Gasteiger partial charge in [-0.15, -0.1) is 0 Å². The minimum Gasteiger partial charge on any atom is -0.481 e. The van der Waals surface area contributed by atoms with Crippen LogP contribution < -0.4 is 0 Å². The zero-order valence-electron chi connectivity index (χ0n) is 22.7. The van der Waals surface area contributed by atoms with E-state index in [4.69, 9.17) is 14.9 Å². The van der Waals surface area contributed by atoms with Crippen molar-refractivity contribution >= 4 is 17.9 Å². The first kappa shape index (κ1) is 33.4. The van der Waals surface area contributed by atoms with Crippen LogP contribution in [-0.4, -0.2) is 34.2 Å². The summed E-state index contributed by atoms with van der Waals surface area (Å²) in [6.45, 7) is 4.46. The molecule has 0 aromatic rings. The summed E-state index contributed by atoms with van der Waals surface area (Å²) in [5.41, 5.74) is 0. The molecule has 0 aromatic carbocycles. The number of aliphatic carboxylic acids is 2. The Bertz CT molecular complexity index is 503. The molecule has 6 nitrogen and oxygen atoms in total. The van der Waals surface area contributed by atoms with Crippen LogP contribution in [0.2, 0.25) is 0 Å². The molecule has 0 bridgehead atoms. The van der Waals surface area contributed by atoms with E-state index in [2.05, 4.69) is 13.8 Å². The molecule has 0 aliphatic heterocycles. The number of carbonyl (C=O) groups excluding carboxylic acids is 1. The van der Waals surface area contributed by atoms with Crippen molar-refractivity contribution in [3.8, 4) is 0 Å². The van der Waals surface area contributed by atoms with E-state index in [1.807, 2.05) is 0 Å². The third-order valence-corrected chi connectivity index (χ3v) is 6.78. The number of carboxylic acid groups (broad SMARTS) is 2. The number of carbonyl (C=O) groups is 3. The molecule has 2 N–H and O–H groups in total. The number of ether oxygens (including phenoxy) is 1. The smallest absolute Gasteiger partial charge is 0.317 e. The van der Waals surface area contributed by atoms with Crippen LogP contribution in [0, 0.1) is 5.92 Å². The number of hydrogen-bond acceptors (Lipinski definition) is 4. The summed E-state index contributed by atoms with van der Waals surface area (Å²) in [4.78, 5) is 34.2. The van der Waals surface area contributed by atoms with Crippen LogP contribution in [-0.2, 0) is 19.1 Å². The van der Waals surface area contributed by atoms with Crippen molar-refractivity contribution < 1.29 is 29.3 Å². The number of rotatable bonds is 26. The van der Waals surface area contributed by atoms with Crippen molar-refractivity contribution in [3.63, 3.8) is 0 Å². The highest BCUT2D eigenvalue weighted by atomic mass is 16.5. The second-order valence-corrected chi connectivity index (χ2v) is 10.1. The average molecular weight is 499 g/mol. The maximum Gasteiger partial charge on any atom is 0.317 e. The van der Waals surface area contributed by atoms with Crippen LogP contribution in [0.25, 0.3) is 0 Å². The van der Waals surface area contributed by atoms with Gasteiger partial charge in [-0.05, 0) is 38.5 Å². The average Bonchev–Trinajstić information content (AvgIpc) is 2.81. The Hall–Kier alpha value is -1.59. The Labute approximate surface area is 214 Å². The van der Waals surface area contributed by atoms with Crippen molar-refractivity contribution in [2.75, 3.05) is 0 Å². The fourth-order valence-corrected chi connectivity index (χ4v) is 4.49. The summed E-state index contributed by atoms with van der Waals surface area (Å²) >= 11 is 0. The van der Waals surface area contributed by atoms with Crippen LogP contribution in [0.4, 0.5) is 0 Å². The minimum atomic E-state index is -1.30. The molecule has 0 atom stereocenters. The molecule has 206 valence electrons. The van der Waals surface area contributed by atoms with Gasteiger partial charge < -0.3 is 14.9 Å². The Morgan fingerprint density at radius 2 is 0.914 bits per heavy atom. The zero-order valence-corrected chi connectivity index (χ0v) is 22.7. The summed E-state index contributed by atoms with van der Waals surface area (Å²) in [5.74, 6) is -3.90. The highest BCUT2D eigenvalue weighted by molar-refractivity contribution is 5.92. The van der Waals surface area contributed by atoms with Gasteiger partial charge in [-0.3, -0.25) is 14.4 Å². The number of carboxylic acids is 2. The van der Waals surface area contributed by atoms with Crippen LogP contribution in [0.1, 0.15) is 155 Å². The Balaban J connectivity index is 4.05. The summed E-state index contributed by atoms with van der Waals surface area (Å²) in [7, 11) is 0. The third-order valence-electron chi connectivity index (χ3n) is 6.78. The van der Waals surface area contributed by atoms with Gasteiger partial charge >= 0.3 is 17.9 Å². The molecule has 0 aliphatic carbocycles. The van der Waals surface area contributed by atoms with E-state index in [9.17, 15) is 14.4 Å². The zero-order chi connectivity index (χ0) is 26.2. The molecular weight excluding hydrogens is 444 g/mol. The van der Waals surface area contributed by atoms with Gasteiger partial charge in [0, 0.05) is 6.42 Å². The lowest BCUT2D eigenvalue weighted by Gasteiger charge is -2.18. The van der Waals surface area contributed by atoms with Crippen LogP contribution in [0.15, 0.2) is 0 Å². The Morgan fingerprint density at radius 3 is 1.34 bits per heavy atom. The fourth-order valence-electron chi connectivity index (χ4n) is 4.49. The fraction of sp³-hybridized carbons (Fsp3) is 0.897.